The summed E-state index contributed by atoms with van der Waals surface area (Å²) < 4.78 is 12.2. The molecule has 0 aliphatic rings. The zero-order valence-electron chi connectivity index (χ0n) is 5.02. The summed E-state index contributed by atoms with van der Waals surface area (Å²) in [7, 11) is 0. The summed E-state index contributed by atoms with van der Waals surface area (Å²) in [6.07, 6.45) is 1.95. The summed E-state index contributed by atoms with van der Waals surface area (Å²) in [5, 5.41) is 0. The van der Waals surface area contributed by atoms with Gasteiger partial charge in [0.05, 0.1) is 0 Å². The molecule has 1 aromatic carbocycles. The minimum atomic E-state index is -0.298. The highest BCUT2D eigenvalue weighted by Gasteiger charge is 1.88. The van der Waals surface area contributed by atoms with E-state index in [1.54, 1.807) is 23.9 Å². The average Bonchev–Trinajstić information content (AvgIpc) is 1.90. The van der Waals surface area contributed by atoms with Crippen LogP contribution in [0.25, 0.3) is 0 Å². The maximum atomic E-state index is 12.2. The zero-order chi connectivity index (χ0) is 6.69. The molecule has 2 heteroatoms. The van der Waals surface area contributed by atoms with Crippen molar-refractivity contribution in [2.75, 3.05) is 6.26 Å². The molecular weight excluding hydrogens is 135 g/mol. The molecule has 0 saturated carbocycles. The van der Waals surface area contributed by atoms with Crippen molar-refractivity contribution < 1.29 is 4.39 Å². The van der Waals surface area contributed by atoms with Crippen LogP contribution in [0, 0.1) is 11.9 Å². The summed E-state index contributed by atoms with van der Waals surface area (Å²) in [4.78, 5) is 1.04. The molecule has 0 fully saturated rings. The van der Waals surface area contributed by atoms with Crippen LogP contribution < -0.4 is 0 Å². The fourth-order valence-corrected chi connectivity index (χ4v) is 0.899. The van der Waals surface area contributed by atoms with Gasteiger partial charge in [-0.3, -0.25) is 0 Å². The largest absolute Gasteiger partial charge is 0.206 e. The Kier molecular flexibility index (Phi) is 2.11. The predicted octanol–water partition coefficient (Wildman–Crippen LogP) is 2.35. The van der Waals surface area contributed by atoms with Crippen LogP contribution in [0.5, 0.6) is 0 Å². The molecule has 0 nitrogen and oxygen atoms in total. The first kappa shape index (κ1) is 6.62. The second kappa shape index (κ2) is 2.87. The van der Waals surface area contributed by atoms with Crippen molar-refractivity contribution in [2.45, 2.75) is 4.90 Å². The van der Waals surface area contributed by atoms with Crippen molar-refractivity contribution in [1.82, 2.24) is 0 Å². The van der Waals surface area contributed by atoms with E-state index in [1.807, 2.05) is 6.26 Å². The van der Waals surface area contributed by atoms with Crippen LogP contribution in [0.3, 0.4) is 0 Å². The lowest BCUT2D eigenvalue weighted by Gasteiger charge is -1.91. The summed E-state index contributed by atoms with van der Waals surface area (Å²) >= 11 is 1.58. The van der Waals surface area contributed by atoms with Crippen molar-refractivity contribution in [1.29, 1.82) is 0 Å². The molecule has 9 heavy (non-hydrogen) atoms. The van der Waals surface area contributed by atoms with Crippen LogP contribution in [0.2, 0.25) is 0 Å². The standard InChI is InChI=1S/C7H6FS/c1-9-7-4-2-6(8)3-5-7/h2,4-5H,1H3. The Morgan fingerprint density at radius 2 is 2.33 bits per heavy atom. The van der Waals surface area contributed by atoms with E-state index in [2.05, 4.69) is 6.07 Å². The van der Waals surface area contributed by atoms with Gasteiger partial charge in [-0.1, -0.05) is 0 Å². The molecule has 1 rings (SSSR count). The van der Waals surface area contributed by atoms with Crippen molar-refractivity contribution >= 4 is 11.8 Å². The number of benzene rings is 1. The third-order valence-corrected chi connectivity index (χ3v) is 1.71. The van der Waals surface area contributed by atoms with Gasteiger partial charge in [-0.05, 0) is 24.5 Å². The van der Waals surface area contributed by atoms with Crippen LogP contribution in [0.4, 0.5) is 4.39 Å². The van der Waals surface area contributed by atoms with Crippen LogP contribution in [0.15, 0.2) is 23.1 Å². The van der Waals surface area contributed by atoms with E-state index in [9.17, 15) is 4.39 Å². The molecule has 1 radical (unpaired) electrons. The number of hydrogen-bond acceptors (Lipinski definition) is 1. The van der Waals surface area contributed by atoms with Gasteiger partial charge in [0.2, 0.25) is 0 Å². The first-order valence-corrected chi connectivity index (χ1v) is 3.76. The Morgan fingerprint density at radius 1 is 1.56 bits per heavy atom. The highest BCUT2D eigenvalue weighted by atomic mass is 32.2. The quantitative estimate of drug-likeness (QED) is 0.541. The lowest BCUT2D eigenvalue weighted by Crippen LogP contribution is -1.72. The molecule has 0 aliphatic heterocycles. The Morgan fingerprint density at radius 3 is 2.78 bits per heavy atom. The van der Waals surface area contributed by atoms with Gasteiger partial charge in [0.25, 0.3) is 0 Å². The molecule has 0 bridgehead atoms. The van der Waals surface area contributed by atoms with E-state index in [1.165, 1.54) is 6.07 Å². The molecule has 0 spiro atoms. The van der Waals surface area contributed by atoms with Crippen molar-refractivity contribution in [2.24, 2.45) is 0 Å². The van der Waals surface area contributed by atoms with Gasteiger partial charge in [0, 0.05) is 11.0 Å². The minimum Gasteiger partial charge on any atom is -0.206 e. The number of halogens is 1. The van der Waals surface area contributed by atoms with E-state index in [0.717, 1.165) is 4.90 Å². The summed E-state index contributed by atoms with van der Waals surface area (Å²) in [5.41, 5.74) is 0. The molecule has 0 atom stereocenters. The molecule has 0 saturated heterocycles. The van der Waals surface area contributed by atoms with E-state index < -0.39 is 0 Å². The van der Waals surface area contributed by atoms with Crippen molar-refractivity contribution in [3.05, 3.63) is 30.1 Å². The number of rotatable bonds is 1. The molecule has 0 unspecified atom stereocenters. The van der Waals surface area contributed by atoms with Crippen molar-refractivity contribution in [3.63, 3.8) is 0 Å². The van der Waals surface area contributed by atoms with Crippen LogP contribution >= 0.6 is 11.8 Å². The Bertz CT molecular complexity index is 181. The maximum absolute atomic E-state index is 12.2. The molecule has 0 heterocycles. The minimum absolute atomic E-state index is 0.298. The lowest BCUT2D eigenvalue weighted by molar-refractivity contribution is 0.624. The molecule has 47 valence electrons. The lowest BCUT2D eigenvalue weighted by atomic mass is 10.4. The Hall–Kier alpha value is -0.500. The Labute approximate surface area is 58.1 Å². The SMILES string of the molecule is CSc1c[c]c(F)cc1. The van der Waals surface area contributed by atoms with Gasteiger partial charge >= 0.3 is 0 Å². The topological polar surface area (TPSA) is 0 Å². The average molecular weight is 141 g/mol. The monoisotopic (exact) mass is 141 g/mol. The van der Waals surface area contributed by atoms with Gasteiger partial charge in [-0.2, -0.15) is 0 Å². The Balaban J connectivity index is 2.88. The first-order chi connectivity index (χ1) is 4.33. The van der Waals surface area contributed by atoms with Gasteiger partial charge in [-0.25, -0.2) is 4.39 Å². The molecular formula is C7H6FS. The molecule has 0 aliphatic carbocycles. The third kappa shape index (κ3) is 1.72. The smallest absolute Gasteiger partial charge is 0.131 e. The van der Waals surface area contributed by atoms with E-state index in [-0.39, 0.29) is 5.82 Å². The molecule has 0 aromatic heterocycles. The number of thioether (sulfide) groups is 1. The van der Waals surface area contributed by atoms with Gasteiger partial charge < -0.3 is 0 Å². The van der Waals surface area contributed by atoms with E-state index in [0.29, 0.717) is 0 Å². The second-order valence-corrected chi connectivity index (χ2v) is 2.46. The van der Waals surface area contributed by atoms with Crippen LogP contribution in [-0.4, -0.2) is 6.26 Å². The highest BCUT2D eigenvalue weighted by molar-refractivity contribution is 7.98. The number of hydrogen-bond donors (Lipinski definition) is 0. The first-order valence-electron chi connectivity index (χ1n) is 2.54. The normalized spacial score (nSPS) is 9.56. The van der Waals surface area contributed by atoms with E-state index >= 15 is 0 Å². The molecule has 1 aromatic rings. The molecule has 0 N–H and O–H groups in total. The van der Waals surface area contributed by atoms with Gasteiger partial charge in [0.15, 0.2) is 0 Å². The summed E-state index contributed by atoms with van der Waals surface area (Å²) in [6, 6.07) is 7.24. The third-order valence-electron chi connectivity index (χ3n) is 0.982. The zero-order valence-corrected chi connectivity index (χ0v) is 5.83. The van der Waals surface area contributed by atoms with Crippen molar-refractivity contribution in [3.8, 4) is 0 Å². The fraction of sp³-hybridized carbons (Fsp3) is 0.143. The highest BCUT2D eigenvalue weighted by Crippen LogP contribution is 2.13. The van der Waals surface area contributed by atoms with E-state index in [4.69, 9.17) is 0 Å². The van der Waals surface area contributed by atoms with Gasteiger partial charge in [0.1, 0.15) is 5.82 Å². The fourth-order valence-electron chi connectivity index (χ4n) is 0.519. The maximum Gasteiger partial charge on any atom is 0.131 e. The second-order valence-electron chi connectivity index (χ2n) is 1.58. The van der Waals surface area contributed by atoms with Crippen LogP contribution in [-0.2, 0) is 0 Å². The summed E-state index contributed by atoms with van der Waals surface area (Å²) in [5.74, 6) is -0.298. The van der Waals surface area contributed by atoms with Crippen LogP contribution in [0.1, 0.15) is 0 Å². The summed E-state index contributed by atoms with van der Waals surface area (Å²) in [6.45, 7) is 0. The van der Waals surface area contributed by atoms with Gasteiger partial charge in [-0.15, -0.1) is 11.8 Å². The molecule has 0 amide bonds. The predicted molar refractivity (Wildman–Crippen MR) is 37.0 cm³/mol.